The van der Waals surface area contributed by atoms with Gasteiger partial charge in [0.2, 0.25) is 11.8 Å². The van der Waals surface area contributed by atoms with Gasteiger partial charge in [0.15, 0.2) is 0 Å². The Kier molecular flexibility index (Phi) is 5.09. The number of hydrogen-bond acceptors (Lipinski definition) is 6. The molecule has 8 nitrogen and oxygen atoms in total. The number of carbonyl (C=O) groups is 3. The van der Waals surface area contributed by atoms with Crippen molar-refractivity contribution in [3.63, 3.8) is 0 Å². The Labute approximate surface area is 157 Å². The second-order valence-corrected chi connectivity index (χ2v) is 7.12. The zero-order valence-electron chi connectivity index (χ0n) is 15.2. The summed E-state index contributed by atoms with van der Waals surface area (Å²) in [5.74, 6) is -0.149. The van der Waals surface area contributed by atoms with Crippen LogP contribution < -0.4 is 15.4 Å². The third-order valence-corrected chi connectivity index (χ3v) is 5.41. The summed E-state index contributed by atoms with van der Waals surface area (Å²) in [6, 6.07) is 4.85. The molecular weight excluding hydrogens is 348 g/mol. The molecule has 0 bridgehead atoms. The number of rotatable bonds is 5. The molecule has 3 aliphatic rings. The van der Waals surface area contributed by atoms with E-state index in [1.165, 1.54) is 0 Å². The fraction of sp³-hybridized carbons (Fsp3) is 0.526. The maximum absolute atomic E-state index is 12.8. The van der Waals surface area contributed by atoms with E-state index in [1.54, 1.807) is 11.0 Å². The number of piperazine rings is 1. The highest BCUT2D eigenvalue weighted by atomic mass is 16.5. The summed E-state index contributed by atoms with van der Waals surface area (Å²) in [5.41, 5.74) is 1.41. The van der Waals surface area contributed by atoms with Crippen LogP contribution in [0.25, 0.3) is 0 Å². The van der Waals surface area contributed by atoms with Crippen molar-refractivity contribution in [2.24, 2.45) is 0 Å². The summed E-state index contributed by atoms with van der Waals surface area (Å²) < 4.78 is 5.98. The van der Waals surface area contributed by atoms with E-state index in [1.807, 2.05) is 12.1 Å². The Morgan fingerprint density at radius 2 is 1.96 bits per heavy atom. The predicted molar refractivity (Wildman–Crippen MR) is 97.3 cm³/mol. The summed E-state index contributed by atoms with van der Waals surface area (Å²) in [4.78, 5) is 40.2. The van der Waals surface area contributed by atoms with E-state index in [9.17, 15) is 14.4 Å². The molecule has 0 unspecified atom stereocenters. The van der Waals surface area contributed by atoms with Gasteiger partial charge in [-0.3, -0.25) is 24.6 Å². The Balaban J connectivity index is 1.42. The molecule has 3 aliphatic heterocycles. The van der Waals surface area contributed by atoms with Gasteiger partial charge in [-0.15, -0.1) is 0 Å². The summed E-state index contributed by atoms with van der Waals surface area (Å²) in [6.07, 6.45) is 0.619. The number of fused-ring (bicyclic) bond motifs is 1. The Morgan fingerprint density at radius 3 is 2.74 bits per heavy atom. The number of piperidine rings is 1. The minimum atomic E-state index is -0.601. The number of carbonyl (C=O) groups excluding carboxylic acids is 3. The van der Waals surface area contributed by atoms with Crippen molar-refractivity contribution in [1.29, 1.82) is 0 Å². The third kappa shape index (κ3) is 3.68. The smallest absolute Gasteiger partial charge is 0.255 e. The first-order valence-electron chi connectivity index (χ1n) is 9.46. The van der Waals surface area contributed by atoms with E-state index in [4.69, 9.17) is 4.74 Å². The molecule has 27 heavy (non-hydrogen) atoms. The third-order valence-electron chi connectivity index (χ3n) is 5.41. The van der Waals surface area contributed by atoms with E-state index in [2.05, 4.69) is 15.5 Å². The standard InChI is InChI=1S/C19H24N4O4/c24-17-5-4-15(18(25)21-17)23-12-14-13(19(23)26)2-1-3-16(14)27-11-10-22-8-6-20-7-9-22/h1-3,15,20H,4-12H2,(H,21,24,25)/t15-/m0/s1. The topological polar surface area (TPSA) is 91.0 Å². The maximum Gasteiger partial charge on any atom is 0.255 e. The van der Waals surface area contributed by atoms with Gasteiger partial charge in [-0.25, -0.2) is 0 Å². The normalized spacial score (nSPS) is 23.3. The van der Waals surface area contributed by atoms with Crippen LogP contribution >= 0.6 is 0 Å². The molecule has 8 heteroatoms. The molecule has 0 radical (unpaired) electrons. The van der Waals surface area contributed by atoms with Crippen molar-refractivity contribution < 1.29 is 19.1 Å². The lowest BCUT2D eigenvalue weighted by atomic mass is 10.0. The van der Waals surface area contributed by atoms with Gasteiger partial charge in [0.05, 0.1) is 6.54 Å². The van der Waals surface area contributed by atoms with Crippen LogP contribution in [0.2, 0.25) is 0 Å². The van der Waals surface area contributed by atoms with Crippen molar-refractivity contribution in [3.8, 4) is 5.75 Å². The van der Waals surface area contributed by atoms with Crippen molar-refractivity contribution >= 4 is 17.7 Å². The van der Waals surface area contributed by atoms with Gasteiger partial charge in [0.25, 0.3) is 5.91 Å². The van der Waals surface area contributed by atoms with Crippen molar-refractivity contribution in [1.82, 2.24) is 20.4 Å². The molecule has 1 aromatic rings. The molecule has 0 aliphatic carbocycles. The van der Waals surface area contributed by atoms with Crippen LogP contribution in [0.15, 0.2) is 18.2 Å². The van der Waals surface area contributed by atoms with Crippen LogP contribution in [0.4, 0.5) is 0 Å². The maximum atomic E-state index is 12.8. The van der Waals surface area contributed by atoms with Crippen LogP contribution in [0.3, 0.4) is 0 Å². The van der Waals surface area contributed by atoms with Gasteiger partial charge < -0.3 is 15.0 Å². The predicted octanol–water partition coefficient (Wildman–Crippen LogP) is -0.268. The summed E-state index contributed by atoms with van der Waals surface area (Å²) in [6.45, 7) is 5.76. The van der Waals surface area contributed by atoms with Crippen molar-refractivity contribution in [3.05, 3.63) is 29.3 Å². The highest BCUT2D eigenvalue weighted by molar-refractivity contribution is 6.05. The highest BCUT2D eigenvalue weighted by Crippen LogP contribution is 2.33. The van der Waals surface area contributed by atoms with E-state index >= 15 is 0 Å². The quantitative estimate of drug-likeness (QED) is 0.692. The fourth-order valence-electron chi connectivity index (χ4n) is 3.91. The minimum absolute atomic E-state index is 0.174. The number of nitrogens with zero attached hydrogens (tertiary/aromatic N) is 2. The van der Waals surface area contributed by atoms with Gasteiger partial charge >= 0.3 is 0 Å². The van der Waals surface area contributed by atoms with Crippen LogP contribution in [0.5, 0.6) is 5.75 Å². The zero-order chi connectivity index (χ0) is 18.8. The lowest BCUT2D eigenvalue weighted by Gasteiger charge is -2.29. The van der Waals surface area contributed by atoms with E-state index < -0.39 is 11.9 Å². The van der Waals surface area contributed by atoms with Crippen molar-refractivity contribution in [2.45, 2.75) is 25.4 Å². The van der Waals surface area contributed by atoms with Crippen LogP contribution in [-0.4, -0.2) is 72.9 Å². The Bertz CT molecular complexity index is 760. The lowest BCUT2D eigenvalue weighted by Crippen LogP contribution is -2.52. The van der Waals surface area contributed by atoms with Crippen molar-refractivity contribution in [2.75, 3.05) is 39.3 Å². The first kappa shape index (κ1) is 17.9. The summed E-state index contributed by atoms with van der Waals surface area (Å²) >= 11 is 0. The molecule has 0 aromatic heterocycles. The van der Waals surface area contributed by atoms with E-state index in [-0.39, 0.29) is 18.2 Å². The summed E-state index contributed by atoms with van der Waals surface area (Å²) in [7, 11) is 0. The molecule has 3 heterocycles. The van der Waals surface area contributed by atoms with Gasteiger partial charge in [-0.05, 0) is 18.6 Å². The Morgan fingerprint density at radius 1 is 1.15 bits per heavy atom. The number of imide groups is 1. The van der Waals surface area contributed by atoms with Gasteiger partial charge in [0, 0.05) is 50.3 Å². The number of amides is 3. The molecule has 2 N–H and O–H groups in total. The molecule has 0 saturated carbocycles. The molecule has 0 spiro atoms. The Hall–Kier alpha value is -2.45. The molecule has 144 valence electrons. The molecule has 3 amide bonds. The van der Waals surface area contributed by atoms with Crippen LogP contribution in [0, 0.1) is 0 Å². The number of ether oxygens (including phenoxy) is 1. The zero-order valence-corrected chi connectivity index (χ0v) is 15.2. The average molecular weight is 372 g/mol. The molecule has 4 rings (SSSR count). The van der Waals surface area contributed by atoms with Gasteiger partial charge in [-0.1, -0.05) is 6.07 Å². The molecule has 1 atom stereocenters. The van der Waals surface area contributed by atoms with E-state index in [0.717, 1.165) is 38.3 Å². The molecule has 1 aromatic carbocycles. The SMILES string of the molecule is O=C1CC[C@H](N2Cc3c(OCCN4CCNCC4)cccc3C2=O)C(=O)N1. The lowest BCUT2D eigenvalue weighted by molar-refractivity contribution is -0.136. The minimum Gasteiger partial charge on any atom is -0.492 e. The highest BCUT2D eigenvalue weighted by Gasteiger charge is 2.40. The first-order valence-corrected chi connectivity index (χ1v) is 9.46. The molecule has 2 saturated heterocycles. The first-order chi connectivity index (χ1) is 13.1. The van der Waals surface area contributed by atoms with E-state index in [0.29, 0.717) is 30.9 Å². The molecular formula is C19H24N4O4. The van der Waals surface area contributed by atoms with Crippen LogP contribution in [0.1, 0.15) is 28.8 Å². The number of hydrogen-bond donors (Lipinski definition) is 2. The van der Waals surface area contributed by atoms with Gasteiger partial charge in [-0.2, -0.15) is 0 Å². The fourth-order valence-corrected chi connectivity index (χ4v) is 3.91. The second kappa shape index (κ2) is 7.66. The number of nitrogens with one attached hydrogen (secondary N) is 2. The monoisotopic (exact) mass is 372 g/mol. The van der Waals surface area contributed by atoms with Gasteiger partial charge in [0.1, 0.15) is 18.4 Å². The average Bonchev–Trinajstić information content (AvgIpc) is 3.00. The van der Waals surface area contributed by atoms with Crippen LogP contribution in [-0.2, 0) is 16.1 Å². The second-order valence-electron chi connectivity index (χ2n) is 7.12. The number of benzene rings is 1. The summed E-state index contributed by atoms with van der Waals surface area (Å²) in [5, 5.41) is 5.65. The largest absolute Gasteiger partial charge is 0.492 e. The molecule has 2 fully saturated rings.